The molecule has 1 heterocycles. The zero-order chi connectivity index (χ0) is 13.1. The van der Waals surface area contributed by atoms with Crippen molar-refractivity contribution < 1.29 is 0 Å². The third kappa shape index (κ3) is 2.99. The number of hydrogen-bond donors (Lipinski definition) is 1. The molecule has 0 spiro atoms. The number of hydrogen-bond acceptors (Lipinski definition) is 1. The maximum absolute atomic E-state index is 6.11. The molecule has 2 aromatic carbocycles. The molecule has 2 unspecified atom stereocenters. The maximum Gasteiger partial charge on any atom is 0.0408 e. The van der Waals surface area contributed by atoms with E-state index in [0.29, 0.717) is 12.0 Å². The Morgan fingerprint density at radius 3 is 2.68 bits per heavy atom. The highest BCUT2D eigenvalue weighted by Gasteiger charge is 2.28. The quantitative estimate of drug-likeness (QED) is 0.889. The Morgan fingerprint density at radius 1 is 1.05 bits per heavy atom. The lowest BCUT2D eigenvalue weighted by Gasteiger charge is -2.20. The summed E-state index contributed by atoms with van der Waals surface area (Å²) in [7, 11) is 0. The topological polar surface area (TPSA) is 12.0 Å². The molecule has 3 rings (SSSR count). The van der Waals surface area contributed by atoms with Crippen LogP contribution in [-0.2, 0) is 6.42 Å². The summed E-state index contributed by atoms with van der Waals surface area (Å²) in [6.07, 6.45) is 2.27. The lowest BCUT2D eigenvalue weighted by molar-refractivity contribution is 0.544. The molecule has 1 aliphatic rings. The lowest BCUT2D eigenvalue weighted by Crippen LogP contribution is -2.28. The van der Waals surface area contributed by atoms with Crippen LogP contribution in [-0.4, -0.2) is 12.6 Å². The molecule has 2 aromatic rings. The van der Waals surface area contributed by atoms with Gasteiger partial charge in [-0.15, -0.1) is 0 Å². The van der Waals surface area contributed by atoms with Crippen molar-refractivity contribution in [2.24, 2.45) is 0 Å². The Morgan fingerprint density at radius 2 is 1.89 bits per heavy atom. The van der Waals surface area contributed by atoms with E-state index in [1.54, 1.807) is 0 Å². The van der Waals surface area contributed by atoms with Gasteiger partial charge in [0.2, 0.25) is 0 Å². The Bertz CT molecular complexity index is 538. The molecule has 1 nitrogen and oxygen atoms in total. The van der Waals surface area contributed by atoms with Crippen molar-refractivity contribution >= 4 is 11.6 Å². The monoisotopic (exact) mass is 271 g/mol. The SMILES string of the molecule is Clc1cccc(C2CCNC2Cc2ccccc2)c1. The van der Waals surface area contributed by atoms with Gasteiger partial charge >= 0.3 is 0 Å². The number of benzene rings is 2. The van der Waals surface area contributed by atoms with Crippen LogP contribution in [0.3, 0.4) is 0 Å². The first-order valence-corrected chi connectivity index (χ1v) is 7.23. The van der Waals surface area contributed by atoms with Gasteiger partial charge in [0, 0.05) is 17.0 Å². The minimum Gasteiger partial charge on any atom is -0.313 e. The van der Waals surface area contributed by atoms with Crippen LogP contribution in [0.5, 0.6) is 0 Å². The Hall–Kier alpha value is -1.31. The van der Waals surface area contributed by atoms with Crippen LogP contribution in [0.1, 0.15) is 23.5 Å². The molecule has 0 aliphatic carbocycles. The standard InChI is InChI=1S/C17H18ClN/c18-15-8-4-7-14(12-15)16-9-10-19-17(16)11-13-5-2-1-3-6-13/h1-8,12,16-17,19H,9-11H2. The molecular formula is C17H18ClN. The summed E-state index contributed by atoms with van der Waals surface area (Å²) in [5, 5.41) is 4.47. The molecular weight excluding hydrogens is 254 g/mol. The predicted octanol–water partition coefficient (Wildman–Crippen LogP) is 4.03. The van der Waals surface area contributed by atoms with E-state index in [1.807, 2.05) is 6.07 Å². The molecule has 0 saturated carbocycles. The summed E-state index contributed by atoms with van der Waals surface area (Å²) < 4.78 is 0. The van der Waals surface area contributed by atoms with E-state index in [4.69, 9.17) is 11.6 Å². The maximum atomic E-state index is 6.11. The van der Waals surface area contributed by atoms with Gasteiger partial charge in [-0.25, -0.2) is 0 Å². The van der Waals surface area contributed by atoms with Crippen molar-refractivity contribution in [1.29, 1.82) is 0 Å². The van der Waals surface area contributed by atoms with Gasteiger partial charge in [-0.3, -0.25) is 0 Å². The van der Waals surface area contributed by atoms with Gasteiger partial charge in [0.25, 0.3) is 0 Å². The second-order valence-electron chi connectivity index (χ2n) is 5.20. The zero-order valence-corrected chi connectivity index (χ0v) is 11.6. The van der Waals surface area contributed by atoms with Gasteiger partial charge in [-0.1, -0.05) is 54.1 Å². The summed E-state index contributed by atoms with van der Waals surface area (Å²) in [5.74, 6) is 0.568. The molecule has 2 atom stereocenters. The summed E-state index contributed by atoms with van der Waals surface area (Å²) in [4.78, 5) is 0. The second-order valence-corrected chi connectivity index (χ2v) is 5.64. The van der Waals surface area contributed by atoms with Gasteiger partial charge in [0.05, 0.1) is 0 Å². The molecule has 0 radical (unpaired) electrons. The summed E-state index contributed by atoms with van der Waals surface area (Å²) in [6.45, 7) is 1.09. The van der Waals surface area contributed by atoms with Crippen molar-refractivity contribution in [3.8, 4) is 0 Å². The van der Waals surface area contributed by atoms with Gasteiger partial charge in [0.1, 0.15) is 0 Å². The fourth-order valence-electron chi connectivity index (χ4n) is 2.99. The van der Waals surface area contributed by atoms with Crippen molar-refractivity contribution in [3.05, 3.63) is 70.7 Å². The van der Waals surface area contributed by atoms with Gasteiger partial charge in [0.15, 0.2) is 0 Å². The van der Waals surface area contributed by atoms with Crippen LogP contribution in [0.15, 0.2) is 54.6 Å². The molecule has 1 aliphatic heterocycles. The minimum atomic E-state index is 0.515. The van der Waals surface area contributed by atoms with Crippen LogP contribution >= 0.6 is 11.6 Å². The van der Waals surface area contributed by atoms with E-state index >= 15 is 0 Å². The van der Waals surface area contributed by atoms with Gasteiger partial charge in [-0.05, 0) is 42.6 Å². The number of halogens is 1. The Kier molecular flexibility index (Phi) is 3.86. The highest BCUT2D eigenvalue weighted by molar-refractivity contribution is 6.30. The largest absolute Gasteiger partial charge is 0.313 e. The first-order chi connectivity index (χ1) is 9.33. The predicted molar refractivity (Wildman–Crippen MR) is 80.7 cm³/mol. The fourth-order valence-corrected chi connectivity index (χ4v) is 3.19. The average molecular weight is 272 g/mol. The van der Waals surface area contributed by atoms with E-state index in [-0.39, 0.29) is 0 Å². The Balaban J connectivity index is 1.78. The molecule has 0 amide bonds. The summed E-state index contributed by atoms with van der Waals surface area (Å²) >= 11 is 6.11. The van der Waals surface area contributed by atoms with Crippen LogP contribution in [0.2, 0.25) is 5.02 Å². The van der Waals surface area contributed by atoms with Crippen molar-refractivity contribution in [2.75, 3.05) is 6.54 Å². The average Bonchev–Trinajstić information content (AvgIpc) is 2.88. The Labute approximate surface area is 119 Å². The van der Waals surface area contributed by atoms with E-state index in [2.05, 4.69) is 53.8 Å². The van der Waals surface area contributed by atoms with E-state index in [0.717, 1.165) is 18.0 Å². The van der Waals surface area contributed by atoms with Crippen molar-refractivity contribution in [1.82, 2.24) is 5.32 Å². The molecule has 0 bridgehead atoms. The molecule has 1 N–H and O–H groups in total. The zero-order valence-electron chi connectivity index (χ0n) is 10.9. The van der Waals surface area contributed by atoms with E-state index in [9.17, 15) is 0 Å². The van der Waals surface area contributed by atoms with Crippen molar-refractivity contribution in [3.63, 3.8) is 0 Å². The second kappa shape index (κ2) is 5.77. The first-order valence-electron chi connectivity index (χ1n) is 6.86. The first kappa shape index (κ1) is 12.7. The van der Waals surface area contributed by atoms with Crippen LogP contribution < -0.4 is 5.32 Å². The minimum absolute atomic E-state index is 0.515. The summed E-state index contributed by atoms with van der Waals surface area (Å²) in [5.41, 5.74) is 2.76. The fraction of sp³-hybridized carbons (Fsp3) is 0.294. The molecule has 0 aromatic heterocycles. The molecule has 1 fully saturated rings. The number of rotatable bonds is 3. The van der Waals surface area contributed by atoms with Crippen LogP contribution in [0.25, 0.3) is 0 Å². The normalized spacial score (nSPS) is 22.6. The third-order valence-corrected chi connectivity index (χ3v) is 4.16. The van der Waals surface area contributed by atoms with Crippen LogP contribution in [0, 0.1) is 0 Å². The highest BCUT2D eigenvalue weighted by atomic mass is 35.5. The number of nitrogens with one attached hydrogen (secondary N) is 1. The lowest BCUT2D eigenvalue weighted by atomic mass is 9.88. The van der Waals surface area contributed by atoms with E-state index < -0.39 is 0 Å². The summed E-state index contributed by atoms with van der Waals surface area (Å²) in [6, 6.07) is 19.5. The van der Waals surface area contributed by atoms with Gasteiger partial charge < -0.3 is 5.32 Å². The van der Waals surface area contributed by atoms with Crippen molar-refractivity contribution in [2.45, 2.75) is 24.8 Å². The smallest absolute Gasteiger partial charge is 0.0408 e. The molecule has 2 heteroatoms. The molecule has 19 heavy (non-hydrogen) atoms. The van der Waals surface area contributed by atoms with E-state index in [1.165, 1.54) is 17.5 Å². The van der Waals surface area contributed by atoms with Gasteiger partial charge in [-0.2, -0.15) is 0 Å². The third-order valence-electron chi connectivity index (χ3n) is 3.92. The van der Waals surface area contributed by atoms with Crippen LogP contribution in [0.4, 0.5) is 0 Å². The molecule has 98 valence electrons. The highest BCUT2D eigenvalue weighted by Crippen LogP contribution is 2.31. The molecule has 1 saturated heterocycles.